The molecule has 1 nitrogen and oxygen atoms in total. The molecule has 2 unspecified atom stereocenters. The molecule has 0 N–H and O–H groups in total. The maximum atomic E-state index is 10.4. The molecule has 2 aliphatic carbocycles. The second-order valence-electron chi connectivity index (χ2n) is 3.08. The van der Waals surface area contributed by atoms with Gasteiger partial charge in [-0.2, -0.15) is 0 Å². The minimum atomic E-state index is 0.361. The van der Waals surface area contributed by atoms with Gasteiger partial charge in [0.05, 0.1) is 0 Å². The number of carbonyl (C=O) groups excluding carboxylic acids is 1. The van der Waals surface area contributed by atoms with Crippen molar-refractivity contribution in [2.75, 3.05) is 0 Å². The zero-order chi connectivity index (χ0) is 6.27. The molecule has 0 saturated heterocycles. The highest BCUT2D eigenvalue weighted by Crippen LogP contribution is 2.42. The van der Waals surface area contributed by atoms with Crippen molar-refractivity contribution in [1.29, 1.82) is 0 Å². The van der Waals surface area contributed by atoms with Crippen molar-refractivity contribution in [2.24, 2.45) is 17.8 Å². The Bertz CT molecular complexity index is 160. The predicted molar refractivity (Wildman–Crippen MR) is 34.9 cm³/mol. The molecule has 2 bridgehead atoms. The standard InChI is InChI=1S/C8H10O/c9-5-8-4-6-1-2-7(8)3-6/h1-2,5-8H,3-4H2/t6-,7?,8?/m0/s1. The molecule has 0 amide bonds. The Hall–Kier alpha value is -0.590. The van der Waals surface area contributed by atoms with Crippen molar-refractivity contribution in [3.8, 4) is 0 Å². The van der Waals surface area contributed by atoms with Crippen molar-refractivity contribution in [3.05, 3.63) is 12.2 Å². The van der Waals surface area contributed by atoms with Crippen LogP contribution in [0.15, 0.2) is 12.2 Å². The maximum absolute atomic E-state index is 10.4. The van der Waals surface area contributed by atoms with E-state index in [2.05, 4.69) is 12.2 Å². The van der Waals surface area contributed by atoms with E-state index in [-0.39, 0.29) is 0 Å². The Labute approximate surface area is 54.8 Å². The van der Waals surface area contributed by atoms with E-state index < -0.39 is 0 Å². The molecule has 0 spiro atoms. The Morgan fingerprint density at radius 2 is 2.22 bits per heavy atom. The molecule has 2 rings (SSSR count). The number of carbonyl (C=O) groups is 1. The van der Waals surface area contributed by atoms with Crippen molar-refractivity contribution < 1.29 is 4.79 Å². The van der Waals surface area contributed by atoms with Gasteiger partial charge in [-0.15, -0.1) is 0 Å². The Morgan fingerprint density at radius 3 is 2.56 bits per heavy atom. The molecule has 1 saturated carbocycles. The molecule has 3 atom stereocenters. The summed E-state index contributed by atoms with van der Waals surface area (Å²) in [6.45, 7) is 0. The molecule has 48 valence electrons. The summed E-state index contributed by atoms with van der Waals surface area (Å²) in [4.78, 5) is 10.4. The topological polar surface area (TPSA) is 17.1 Å². The number of fused-ring (bicyclic) bond motifs is 2. The highest BCUT2D eigenvalue weighted by atomic mass is 16.1. The minimum absolute atomic E-state index is 0.361. The fourth-order valence-corrected chi connectivity index (χ4v) is 1.98. The van der Waals surface area contributed by atoms with Crippen LogP contribution < -0.4 is 0 Å². The van der Waals surface area contributed by atoms with Gasteiger partial charge in [-0.05, 0) is 24.7 Å². The molecule has 0 aromatic rings. The van der Waals surface area contributed by atoms with Gasteiger partial charge in [0.15, 0.2) is 0 Å². The Kier molecular flexibility index (Phi) is 0.981. The van der Waals surface area contributed by atoms with Crippen LogP contribution >= 0.6 is 0 Å². The zero-order valence-electron chi connectivity index (χ0n) is 5.29. The SMILES string of the molecule is O=CC1C[C@H]2C=CC1C2. The van der Waals surface area contributed by atoms with Gasteiger partial charge in [0.25, 0.3) is 0 Å². The number of aldehydes is 1. The van der Waals surface area contributed by atoms with Crippen molar-refractivity contribution in [2.45, 2.75) is 12.8 Å². The number of allylic oxidation sites excluding steroid dienone is 2. The summed E-state index contributed by atoms with van der Waals surface area (Å²) in [5, 5.41) is 0. The summed E-state index contributed by atoms with van der Waals surface area (Å²) >= 11 is 0. The molecule has 9 heavy (non-hydrogen) atoms. The molecule has 0 aromatic carbocycles. The molecular weight excluding hydrogens is 112 g/mol. The summed E-state index contributed by atoms with van der Waals surface area (Å²) < 4.78 is 0. The summed E-state index contributed by atoms with van der Waals surface area (Å²) in [6.07, 6.45) is 7.93. The van der Waals surface area contributed by atoms with E-state index in [9.17, 15) is 4.79 Å². The fourth-order valence-electron chi connectivity index (χ4n) is 1.98. The molecule has 0 aliphatic heterocycles. The van der Waals surface area contributed by atoms with Gasteiger partial charge in [-0.3, -0.25) is 0 Å². The van der Waals surface area contributed by atoms with Gasteiger partial charge in [0.1, 0.15) is 6.29 Å². The summed E-state index contributed by atoms with van der Waals surface area (Å²) in [5.41, 5.74) is 0. The van der Waals surface area contributed by atoms with Crippen LogP contribution in [0.4, 0.5) is 0 Å². The molecular formula is C8H10O. The third-order valence-corrected chi connectivity index (χ3v) is 2.51. The van der Waals surface area contributed by atoms with Crippen LogP contribution in [0.2, 0.25) is 0 Å². The van der Waals surface area contributed by atoms with Gasteiger partial charge in [0, 0.05) is 5.92 Å². The van der Waals surface area contributed by atoms with Crippen molar-refractivity contribution in [1.82, 2.24) is 0 Å². The van der Waals surface area contributed by atoms with Gasteiger partial charge in [-0.25, -0.2) is 0 Å². The first kappa shape index (κ1) is 5.21. The van der Waals surface area contributed by atoms with Crippen LogP contribution in [0.5, 0.6) is 0 Å². The largest absolute Gasteiger partial charge is 0.303 e. The summed E-state index contributed by atoms with van der Waals surface area (Å²) in [6, 6.07) is 0. The summed E-state index contributed by atoms with van der Waals surface area (Å²) in [5.74, 6) is 1.71. The number of hydrogen-bond acceptors (Lipinski definition) is 1. The number of hydrogen-bond donors (Lipinski definition) is 0. The molecule has 0 aromatic heterocycles. The van der Waals surface area contributed by atoms with Crippen LogP contribution in [0.3, 0.4) is 0 Å². The quantitative estimate of drug-likeness (QED) is 0.379. The second kappa shape index (κ2) is 1.69. The van der Waals surface area contributed by atoms with Gasteiger partial charge in [-0.1, -0.05) is 12.2 Å². The van der Waals surface area contributed by atoms with E-state index in [0.29, 0.717) is 11.8 Å². The lowest BCUT2D eigenvalue weighted by Crippen LogP contribution is -2.07. The van der Waals surface area contributed by atoms with Crippen LogP contribution in [-0.4, -0.2) is 6.29 Å². The first-order valence-electron chi connectivity index (χ1n) is 3.54. The third kappa shape index (κ3) is 0.640. The van der Waals surface area contributed by atoms with E-state index >= 15 is 0 Å². The average Bonchev–Trinajstić information content (AvgIpc) is 2.45. The average molecular weight is 122 g/mol. The minimum Gasteiger partial charge on any atom is -0.303 e. The maximum Gasteiger partial charge on any atom is 0.123 e. The van der Waals surface area contributed by atoms with E-state index in [0.717, 1.165) is 18.6 Å². The highest BCUT2D eigenvalue weighted by molar-refractivity contribution is 5.56. The lowest BCUT2D eigenvalue weighted by atomic mass is 9.95. The van der Waals surface area contributed by atoms with Crippen LogP contribution in [0.1, 0.15) is 12.8 Å². The molecule has 2 aliphatic rings. The molecule has 0 heterocycles. The van der Waals surface area contributed by atoms with Crippen LogP contribution in [0.25, 0.3) is 0 Å². The summed E-state index contributed by atoms with van der Waals surface area (Å²) in [7, 11) is 0. The van der Waals surface area contributed by atoms with E-state index in [4.69, 9.17) is 0 Å². The Morgan fingerprint density at radius 1 is 1.33 bits per heavy atom. The third-order valence-electron chi connectivity index (χ3n) is 2.51. The predicted octanol–water partition coefficient (Wildman–Crippen LogP) is 1.40. The van der Waals surface area contributed by atoms with Crippen molar-refractivity contribution in [3.63, 3.8) is 0 Å². The van der Waals surface area contributed by atoms with E-state index in [1.54, 1.807) is 0 Å². The van der Waals surface area contributed by atoms with Crippen LogP contribution in [-0.2, 0) is 4.79 Å². The van der Waals surface area contributed by atoms with E-state index in [1.807, 2.05) is 0 Å². The first-order valence-corrected chi connectivity index (χ1v) is 3.54. The van der Waals surface area contributed by atoms with Gasteiger partial charge in [0.2, 0.25) is 0 Å². The van der Waals surface area contributed by atoms with E-state index in [1.165, 1.54) is 6.42 Å². The highest BCUT2D eigenvalue weighted by Gasteiger charge is 2.34. The number of rotatable bonds is 1. The molecule has 1 heteroatoms. The first-order chi connectivity index (χ1) is 4.40. The molecule has 0 radical (unpaired) electrons. The lowest BCUT2D eigenvalue weighted by molar-refractivity contribution is -0.111. The van der Waals surface area contributed by atoms with Gasteiger partial charge < -0.3 is 4.79 Å². The van der Waals surface area contributed by atoms with Crippen LogP contribution in [0, 0.1) is 17.8 Å². The molecule has 1 fully saturated rings. The van der Waals surface area contributed by atoms with Gasteiger partial charge >= 0.3 is 0 Å². The Balaban J connectivity index is 2.19. The van der Waals surface area contributed by atoms with Crippen molar-refractivity contribution >= 4 is 6.29 Å². The normalized spacial score (nSPS) is 46.0. The fraction of sp³-hybridized carbons (Fsp3) is 0.625. The zero-order valence-corrected chi connectivity index (χ0v) is 5.29. The monoisotopic (exact) mass is 122 g/mol. The lowest BCUT2D eigenvalue weighted by Gasteiger charge is -2.08. The second-order valence-corrected chi connectivity index (χ2v) is 3.08. The smallest absolute Gasteiger partial charge is 0.123 e.